The van der Waals surface area contributed by atoms with Gasteiger partial charge in [-0.15, -0.1) is 0 Å². The van der Waals surface area contributed by atoms with Gasteiger partial charge in [0.15, 0.2) is 0 Å². The predicted molar refractivity (Wildman–Crippen MR) is 83.1 cm³/mol. The van der Waals surface area contributed by atoms with Crippen molar-refractivity contribution in [3.8, 4) is 0 Å². The van der Waals surface area contributed by atoms with E-state index in [2.05, 4.69) is 43.5 Å². The van der Waals surface area contributed by atoms with Crippen LogP contribution in [0.3, 0.4) is 0 Å². The van der Waals surface area contributed by atoms with Crippen LogP contribution in [0.1, 0.15) is 33.3 Å². The largest absolute Gasteiger partial charge is 0.383 e. The van der Waals surface area contributed by atoms with Crippen molar-refractivity contribution in [3.63, 3.8) is 0 Å². The number of ether oxygens (including phenoxy) is 1. The Morgan fingerprint density at radius 3 is 2.35 bits per heavy atom. The lowest BCUT2D eigenvalue weighted by Gasteiger charge is -2.19. The lowest BCUT2D eigenvalue weighted by Crippen LogP contribution is -2.39. The lowest BCUT2D eigenvalue weighted by atomic mass is 9.87. The summed E-state index contributed by atoms with van der Waals surface area (Å²) in [5, 5.41) is 5.98. The number of hydrogen-bond donors (Lipinski definition) is 2. The van der Waals surface area contributed by atoms with Crippen molar-refractivity contribution in [2.75, 3.05) is 25.6 Å². The Morgan fingerprint density at radius 1 is 1.25 bits per heavy atom. The molecule has 1 aromatic rings. The number of methoxy groups -OCH3 is 1. The minimum Gasteiger partial charge on any atom is -0.383 e. The Morgan fingerprint density at radius 2 is 1.85 bits per heavy atom. The number of benzene rings is 1. The maximum Gasteiger partial charge on any atom is 0.239 e. The van der Waals surface area contributed by atoms with Gasteiger partial charge in [-0.2, -0.15) is 0 Å². The van der Waals surface area contributed by atoms with Crippen molar-refractivity contribution in [3.05, 3.63) is 29.8 Å². The number of hydrogen-bond acceptors (Lipinski definition) is 3. The predicted octanol–water partition coefficient (Wildman–Crippen LogP) is 2.55. The SMILES string of the molecule is COCC(C)NC(=O)CNc1ccc(C(C)(C)C)cc1. The van der Waals surface area contributed by atoms with E-state index in [0.29, 0.717) is 6.61 Å². The second-order valence-corrected chi connectivity index (χ2v) is 6.10. The summed E-state index contributed by atoms with van der Waals surface area (Å²) in [6, 6.07) is 8.22. The molecule has 1 rings (SSSR count). The molecule has 4 nitrogen and oxygen atoms in total. The zero-order valence-electron chi connectivity index (χ0n) is 13.1. The summed E-state index contributed by atoms with van der Waals surface area (Å²) in [7, 11) is 1.62. The molecule has 0 radical (unpaired) electrons. The molecule has 0 aliphatic rings. The van der Waals surface area contributed by atoms with E-state index in [1.807, 2.05) is 19.1 Å². The number of nitrogens with one attached hydrogen (secondary N) is 2. The van der Waals surface area contributed by atoms with Crippen molar-refractivity contribution < 1.29 is 9.53 Å². The quantitative estimate of drug-likeness (QED) is 0.841. The van der Waals surface area contributed by atoms with Crippen molar-refractivity contribution >= 4 is 11.6 Å². The second kappa shape index (κ2) is 7.29. The van der Waals surface area contributed by atoms with Crippen LogP contribution in [-0.4, -0.2) is 32.2 Å². The maximum absolute atomic E-state index is 11.7. The van der Waals surface area contributed by atoms with Gasteiger partial charge in [-0.05, 0) is 30.0 Å². The van der Waals surface area contributed by atoms with Gasteiger partial charge in [0.25, 0.3) is 0 Å². The molecule has 1 amide bonds. The van der Waals surface area contributed by atoms with Gasteiger partial charge < -0.3 is 15.4 Å². The topological polar surface area (TPSA) is 50.4 Å². The Balaban J connectivity index is 2.44. The van der Waals surface area contributed by atoms with Crippen molar-refractivity contribution in [2.24, 2.45) is 0 Å². The lowest BCUT2D eigenvalue weighted by molar-refractivity contribution is -0.120. The molecule has 0 heterocycles. The van der Waals surface area contributed by atoms with Crippen LogP contribution < -0.4 is 10.6 Å². The van der Waals surface area contributed by atoms with Crippen LogP contribution in [0.5, 0.6) is 0 Å². The van der Waals surface area contributed by atoms with E-state index < -0.39 is 0 Å². The summed E-state index contributed by atoms with van der Waals surface area (Å²) in [5.74, 6) is -0.0329. The van der Waals surface area contributed by atoms with Gasteiger partial charge in [0.1, 0.15) is 0 Å². The molecular formula is C16H26N2O2. The Hall–Kier alpha value is -1.55. The first-order valence-corrected chi connectivity index (χ1v) is 6.95. The third-order valence-corrected chi connectivity index (χ3v) is 3.03. The summed E-state index contributed by atoms with van der Waals surface area (Å²) in [6.07, 6.45) is 0. The van der Waals surface area contributed by atoms with Crippen LogP contribution in [0.25, 0.3) is 0 Å². The van der Waals surface area contributed by atoms with E-state index in [1.54, 1.807) is 7.11 Å². The smallest absolute Gasteiger partial charge is 0.239 e. The molecular weight excluding hydrogens is 252 g/mol. The molecule has 0 bridgehead atoms. The molecule has 1 unspecified atom stereocenters. The highest BCUT2D eigenvalue weighted by molar-refractivity contribution is 5.80. The normalized spacial score (nSPS) is 12.8. The highest BCUT2D eigenvalue weighted by Gasteiger charge is 2.13. The highest BCUT2D eigenvalue weighted by Crippen LogP contribution is 2.23. The average molecular weight is 278 g/mol. The fraction of sp³-hybridized carbons (Fsp3) is 0.562. The van der Waals surface area contributed by atoms with E-state index in [4.69, 9.17) is 4.74 Å². The number of carbonyl (C=O) groups excluding carboxylic acids is 1. The Labute approximate surface area is 121 Å². The van der Waals surface area contributed by atoms with Crippen LogP contribution in [0, 0.1) is 0 Å². The molecule has 1 atom stereocenters. The molecule has 1 aromatic carbocycles. The first-order chi connectivity index (χ1) is 9.32. The third kappa shape index (κ3) is 5.61. The van der Waals surface area contributed by atoms with E-state index in [1.165, 1.54) is 5.56 Å². The molecule has 0 aliphatic carbocycles. The number of amides is 1. The summed E-state index contributed by atoms with van der Waals surface area (Å²) in [4.78, 5) is 11.7. The van der Waals surface area contributed by atoms with Crippen LogP contribution in [0.15, 0.2) is 24.3 Å². The van der Waals surface area contributed by atoms with Gasteiger partial charge in [-0.1, -0.05) is 32.9 Å². The van der Waals surface area contributed by atoms with Crippen LogP contribution in [0.4, 0.5) is 5.69 Å². The highest BCUT2D eigenvalue weighted by atomic mass is 16.5. The van der Waals surface area contributed by atoms with Gasteiger partial charge in [0.05, 0.1) is 13.2 Å². The molecule has 0 saturated heterocycles. The molecule has 2 N–H and O–H groups in total. The number of rotatable bonds is 6. The van der Waals surface area contributed by atoms with Gasteiger partial charge in [-0.25, -0.2) is 0 Å². The summed E-state index contributed by atoms with van der Waals surface area (Å²) in [6.45, 7) is 9.24. The summed E-state index contributed by atoms with van der Waals surface area (Å²) < 4.78 is 4.98. The number of anilines is 1. The summed E-state index contributed by atoms with van der Waals surface area (Å²) >= 11 is 0. The first kappa shape index (κ1) is 16.5. The van der Waals surface area contributed by atoms with E-state index in [0.717, 1.165) is 5.69 Å². The molecule has 0 saturated carbocycles. The molecule has 0 aromatic heterocycles. The molecule has 0 aliphatic heterocycles. The van der Waals surface area contributed by atoms with Crippen LogP contribution in [-0.2, 0) is 14.9 Å². The van der Waals surface area contributed by atoms with E-state index in [9.17, 15) is 4.79 Å². The van der Waals surface area contributed by atoms with Crippen molar-refractivity contribution in [1.82, 2.24) is 5.32 Å². The average Bonchev–Trinajstić information content (AvgIpc) is 2.36. The standard InChI is InChI=1S/C16H26N2O2/c1-12(11-20-5)18-15(19)10-17-14-8-6-13(7-9-14)16(2,3)4/h6-9,12,17H,10-11H2,1-5H3,(H,18,19). The fourth-order valence-corrected chi connectivity index (χ4v) is 1.89. The molecule has 112 valence electrons. The van der Waals surface area contributed by atoms with Gasteiger partial charge in [-0.3, -0.25) is 4.79 Å². The zero-order chi connectivity index (χ0) is 15.2. The molecule has 0 spiro atoms. The van der Waals surface area contributed by atoms with Crippen molar-refractivity contribution in [2.45, 2.75) is 39.2 Å². The minimum atomic E-state index is -0.0329. The zero-order valence-corrected chi connectivity index (χ0v) is 13.1. The fourth-order valence-electron chi connectivity index (χ4n) is 1.89. The molecule has 20 heavy (non-hydrogen) atoms. The van der Waals surface area contributed by atoms with E-state index in [-0.39, 0.29) is 23.9 Å². The summed E-state index contributed by atoms with van der Waals surface area (Å²) in [5.41, 5.74) is 2.37. The number of carbonyl (C=O) groups is 1. The second-order valence-electron chi connectivity index (χ2n) is 6.10. The molecule has 4 heteroatoms. The molecule has 0 fully saturated rings. The maximum atomic E-state index is 11.7. The third-order valence-electron chi connectivity index (χ3n) is 3.03. The first-order valence-electron chi connectivity index (χ1n) is 6.95. The van der Waals surface area contributed by atoms with Gasteiger partial charge >= 0.3 is 0 Å². The minimum absolute atomic E-state index is 0.0255. The monoisotopic (exact) mass is 278 g/mol. The Kier molecular flexibility index (Phi) is 6.02. The Bertz CT molecular complexity index is 421. The van der Waals surface area contributed by atoms with E-state index >= 15 is 0 Å². The van der Waals surface area contributed by atoms with Gasteiger partial charge in [0.2, 0.25) is 5.91 Å². The van der Waals surface area contributed by atoms with Crippen molar-refractivity contribution in [1.29, 1.82) is 0 Å². The van der Waals surface area contributed by atoms with Crippen LogP contribution >= 0.6 is 0 Å². The van der Waals surface area contributed by atoms with Gasteiger partial charge in [0, 0.05) is 18.8 Å². The van der Waals surface area contributed by atoms with Crippen LogP contribution in [0.2, 0.25) is 0 Å².